The van der Waals surface area contributed by atoms with E-state index in [9.17, 15) is 4.39 Å². The van der Waals surface area contributed by atoms with E-state index in [2.05, 4.69) is 30.9 Å². The Morgan fingerprint density at radius 2 is 2.00 bits per heavy atom. The molecule has 8 nitrogen and oxygen atoms in total. The van der Waals surface area contributed by atoms with Crippen LogP contribution in [0.5, 0.6) is 11.6 Å². The molecule has 0 radical (unpaired) electrons. The fraction of sp³-hybridized carbons (Fsp3) is 0.167. The summed E-state index contributed by atoms with van der Waals surface area (Å²) in [7, 11) is 1.54. The van der Waals surface area contributed by atoms with Gasteiger partial charge < -0.3 is 25.4 Å². The summed E-state index contributed by atoms with van der Waals surface area (Å²) in [5.74, 6) is 1.00. The zero-order valence-electron chi connectivity index (χ0n) is 14.5. The number of anilines is 5. The monoisotopic (exact) mass is 368 g/mol. The summed E-state index contributed by atoms with van der Waals surface area (Å²) >= 11 is 0. The second-order valence-electron chi connectivity index (χ2n) is 5.72. The van der Waals surface area contributed by atoms with Crippen LogP contribution in [0.15, 0.2) is 42.7 Å². The molecule has 3 aromatic rings. The molecular weight excluding hydrogens is 351 g/mol. The van der Waals surface area contributed by atoms with Crippen LogP contribution in [0.3, 0.4) is 0 Å². The largest absolute Gasteiger partial charge is 0.490 e. The number of aromatic nitrogens is 3. The Morgan fingerprint density at radius 3 is 2.81 bits per heavy atom. The minimum Gasteiger partial charge on any atom is -0.490 e. The minimum atomic E-state index is -0.560. The molecule has 0 aliphatic carbocycles. The minimum absolute atomic E-state index is 0.0608. The Kier molecular flexibility index (Phi) is 4.56. The van der Waals surface area contributed by atoms with Crippen LogP contribution in [-0.2, 0) is 0 Å². The van der Waals surface area contributed by atoms with Crippen LogP contribution in [0.25, 0.3) is 0 Å². The van der Waals surface area contributed by atoms with Gasteiger partial charge in [-0.15, -0.1) is 0 Å². The van der Waals surface area contributed by atoms with E-state index >= 15 is 0 Å². The number of rotatable bonds is 5. The number of hydrogen-bond acceptors (Lipinski definition) is 8. The van der Waals surface area contributed by atoms with E-state index in [0.717, 1.165) is 24.2 Å². The standard InChI is InChI=1S/C18H17FN6O2/c1-26-16-5-3-12(9-21-16)24-18-22-10-13(19)17(25-18)23-11-2-4-15-14(8-11)20-6-7-27-15/h2-5,8-10,20H,6-7H2,1H3,(H2,22,23,24,25). The molecule has 1 aliphatic rings. The van der Waals surface area contributed by atoms with Gasteiger partial charge in [-0.25, -0.2) is 14.4 Å². The molecule has 0 spiro atoms. The van der Waals surface area contributed by atoms with Crippen LogP contribution >= 0.6 is 0 Å². The Bertz CT molecular complexity index is 951. The Hall–Kier alpha value is -3.62. The molecule has 3 heterocycles. The van der Waals surface area contributed by atoms with Gasteiger partial charge in [0.2, 0.25) is 11.8 Å². The van der Waals surface area contributed by atoms with Crippen LogP contribution in [0, 0.1) is 5.82 Å². The molecule has 0 bridgehead atoms. The quantitative estimate of drug-likeness (QED) is 0.632. The summed E-state index contributed by atoms with van der Waals surface area (Å²) in [6, 6.07) is 8.93. The van der Waals surface area contributed by atoms with Crippen molar-refractivity contribution in [3.05, 3.63) is 48.5 Å². The van der Waals surface area contributed by atoms with E-state index in [0.29, 0.717) is 23.9 Å². The van der Waals surface area contributed by atoms with Gasteiger partial charge in [-0.05, 0) is 24.3 Å². The van der Waals surface area contributed by atoms with Gasteiger partial charge in [0.05, 0.1) is 30.9 Å². The molecule has 0 saturated heterocycles. The number of halogens is 1. The van der Waals surface area contributed by atoms with E-state index < -0.39 is 5.82 Å². The summed E-state index contributed by atoms with van der Waals surface area (Å²) in [6.45, 7) is 1.35. The van der Waals surface area contributed by atoms with E-state index in [1.165, 1.54) is 0 Å². The number of methoxy groups -OCH3 is 1. The van der Waals surface area contributed by atoms with Gasteiger partial charge in [-0.2, -0.15) is 4.98 Å². The molecule has 2 aromatic heterocycles. The molecule has 9 heteroatoms. The second kappa shape index (κ2) is 7.32. The zero-order chi connectivity index (χ0) is 18.6. The molecule has 27 heavy (non-hydrogen) atoms. The van der Waals surface area contributed by atoms with Crippen molar-refractivity contribution in [3.63, 3.8) is 0 Å². The number of hydrogen-bond donors (Lipinski definition) is 3. The van der Waals surface area contributed by atoms with Crippen molar-refractivity contribution in [2.45, 2.75) is 0 Å². The predicted molar refractivity (Wildman–Crippen MR) is 99.8 cm³/mol. The summed E-state index contributed by atoms with van der Waals surface area (Å²) < 4.78 is 24.7. The highest BCUT2D eigenvalue weighted by molar-refractivity contribution is 5.69. The smallest absolute Gasteiger partial charge is 0.229 e. The number of ether oxygens (including phenoxy) is 2. The van der Waals surface area contributed by atoms with Crippen LogP contribution < -0.4 is 25.4 Å². The van der Waals surface area contributed by atoms with Gasteiger partial charge >= 0.3 is 0 Å². The maximum atomic E-state index is 14.1. The lowest BCUT2D eigenvalue weighted by Crippen LogP contribution is -2.17. The van der Waals surface area contributed by atoms with Crippen molar-refractivity contribution < 1.29 is 13.9 Å². The van der Waals surface area contributed by atoms with E-state index in [1.807, 2.05) is 12.1 Å². The van der Waals surface area contributed by atoms with Crippen LogP contribution in [0.2, 0.25) is 0 Å². The third-order valence-electron chi connectivity index (χ3n) is 3.86. The number of fused-ring (bicyclic) bond motifs is 1. The number of benzene rings is 1. The van der Waals surface area contributed by atoms with Crippen molar-refractivity contribution in [1.29, 1.82) is 0 Å². The Morgan fingerprint density at radius 1 is 1.11 bits per heavy atom. The maximum absolute atomic E-state index is 14.1. The first-order valence-corrected chi connectivity index (χ1v) is 8.28. The Balaban J connectivity index is 1.53. The summed E-state index contributed by atoms with van der Waals surface area (Å²) in [4.78, 5) is 12.3. The Labute approximate surface area is 154 Å². The molecule has 1 aliphatic heterocycles. The summed E-state index contributed by atoms with van der Waals surface area (Å²) in [5.41, 5.74) is 2.19. The third kappa shape index (κ3) is 3.81. The van der Waals surface area contributed by atoms with Crippen molar-refractivity contribution in [2.24, 2.45) is 0 Å². The van der Waals surface area contributed by atoms with Crippen LogP contribution in [-0.4, -0.2) is 35.2 Å². The average Bonchev–Trinajstić information content (AvgIpc) is 2.71. The highest BCUT2D eigenvalue weighted by Crippen LogP contribution is 2.31. The summed E-state index contributed by atoms with van der Waals surface area (Å²) in [6.07, 6.45) is 2.68. The first-order valence-electron chi connectivity index (χ1n) is 8.28. The normalized spacial score (nSPS) is 12.4. The predicted octanol–water partition coefficient (Wildman–Crippen LogP) is 3.31. The SMILES string of the molecule is COc1ccc(Nc2ncc(F)c(Nc3ccc4c(c3)NCCO4)n2)cn1. The van der Waals surface area contributed by atoms with Gasteiger partial charge in [0.25, 0.3) is 0 Å². The fourth-order valence-electron chi connectivity index (χ4n) is 2.57. The molecule has 0 atom stereocenters. The van der Waals surface area contributed by atoms with Gasteiger partial charge in [-0.3, -0.25) is 0 Å². The third-order valence-corrected chi connectivity index (χ3v) is 3.86. The first kappa shape index (κ1) is 16.8. The molecule has 1 aromatic carbocycles. The van der Waals surface area contributed by atoms with Gasteiger partial charge in [-0.1, -0.05) is 0 Å². The van der Waals surface area contributed by atoms with Crippen molar-refractivity contribution in [2.75, 3.05) is 36.2 Å². The van der Waals surface area contributed by atoms with Crippen molar-refractivity contribution in [3.8, 4) is 11.6 Å². The lowest BCUT2D eigenvalue weighted by molar-refractivity contribution is 0.323. The second-order valence-corrected chi connectivity index (χ2v) is 5.72. The maximum Gasteiger partial charge on any atom is 0.229 e. The van der Waals surface area contributed by atoms with Crippen LogP contribution in [0.1, 0.15) is 0 Å². The molecule has 4 rings (SSSR count). The molecular formula is C18H17FN6O2. The lowest BCUT2D eigenvalue weighted by Gasteiger charge is -2.20. The number of nitrogens with one attached hydrogen (secondary N) is 3. The van der Waals surface area contributed by atoms with E-state index in [1.54, 1.807) is 31.5 Å². The molecule has 3 N–H and O–H groups in total. The zero-order valence-corrected chi connectivity index (χ0v) is 14.5. The molecule has 0 saturated carbocycles. The van der Waals surface area contributed by atoms with Crippen molar-refractivity contribution >= 4 is 28.8 Å². The lowest BCUT2D eigenvalue weighted by atomic mass is 10.2. The van der Waals surface area contributed by atoms with Crippen molar-refractivity contribution in [1.82, 2.24) is 15.0 Å². The van der Waals surface area contributed by atoms with Gasteiger partial charge in [0.1, 0.15) is 12.4 Å². The fourth-order valence-corrected chi connectivity index (χ4v) is 2.57. The average molecular weight is 368 g/mol. The highest BCUT2D eigenvalue weighted by atomic mass is 19.1. The van der Waals surface area contributed by atoms with Crippen LogP contribution in [0.4, 0.5) is 33.2 Å². The van der Waals surface area contributed by atoms with E-state index in [-0.39, 0.29) is 11.8 Å². The van der Waals surface area contributed by atoms with Gasteiger partial charge in [0.15, 0.2) is 11.6 Å². The highest BCUT2D eigenvalue weighted by Gasteiger charge is 2.12. The molecule has 0 amide bonds. The number of nitrogens with zero attached hydrogens (tertiary/aromatic N) is 3. The van der Waals surface area contributed by atoms with E-state index in [4.69, 9.17) is 9.47 Å². The molecule has 0 fully saturated rings. The molecule has 138 valence electrons. The summed E-state index contributed by atoms with van der Waals surface area (Å²) in [5, 5.41) is 9.18. The first-order chi connectivity index (χ1) is 13.2. The molecule has 0 unspecified atom stereocenters. The number of pyridine rings is 1. The topological polar surface area (TPSA) is 93.2 Å². The van der Waals surface area contributed by atoms with Gasteiger partial charge in [0, 0.05) is 18.3 Å².